The van der Waals surface area contributed by atoms with E-state index in [1.165, 1.54) is 88.4 Å². The third kappa shape index (κ3) is 17.0. The minimum Gasteiger partial charge on any atom is -0.480 e. The molecule has 0 aliphatic heterocycles. The molecule has 0 atom stereocenters. The van der Waals surface area contributed by atoms with E-state index in [1.807, 2.05) is 0 Å². The van der Waals surface area contributed by atoms with Crippen molar-refractivity contribution < 1.29 is 19.2 Å². The average Bonchev–Trinajstić information content (AvgIpc) is 2.61. The molecule has 0 radical (unpaired) electrons. The van der Waals surface area contributed by atoms with Gasteiger partial charge in [0.05, 0.1) is 20.6 Å². The van der Waals surface area contributed by atoms with Gasteiger partial charge in [0, 0.05) is 7.05 Å². The van der Waals surface area contributed by atoms with E-state index in [0.717, 1.165) is 13.0 Å². The largest absolute Gasteiger partial charge is 0.480 e. The number of carboxylic acid groups (broad SMARTS) is 1. The Hall–Kier alpha value is -1.10. The highest BCUT2D eigenvalue weighted by molar-refractivity contribution is 5.81. The van der Waals surface area contributed by atoms with Crippen molar-refractivity contribution in [2.24, 2.45) is 0 Å². The lowest BCUT2D eigenvalue weighted by molar-refractivity contribution is -0.882. The number of likely N-dealkylation sites (N-methyl/N-ethyl adjacent to an activating group) is 2. The molecule has 5 heteroatoms. The van der Waals surface area contributed by atoms with Crippen LogP contribution in [0.5, 0.6) is 0 Å². The van der Waals surface area contributed by atoms with Gasteiger partial charge < -0.3 is 14.5 Å². The number of hydrogen-bond donors (Lipinski definition) is 1. The van der Waals surface area contributed by atoms with Crippen LogP contribution in [-0.4, -0.2) is 67.1 Å². The smallest absolute Gasteiger partial charge is 0.323 e. The zero-order valence-corrected chi connectivity index (χ0v) is 19.2. The van der Waals surface area contributed by atoms with Crippen LogP contribution in [0.2, 0.25) is 0 Å². The van der Waals surface area contributed by atoms with E-state index >= 15 is 0 Å². The fourth-order valence-corrected chi connectivity index (χ4v) is 3.59. The Morgan fingerprint density at radius 2 is 1.14 bits per heavy atom. The Labute approximate surface area is 174 Å². The van der Waals surface area contributed by atoms with Gasteiger partial charge in [0.25, 0.3) is 5.91 Å². The summed E-state index contributed by atoms with van der Waals surface area (Å²) in [5.41, 5.74) is 0. The highest BCUT2D eigenvalue weighted by Crippen LogP contribution is 2.13. The summed E-state index contributed by atoms with van der Waals surface area (Å²) < 4.78 is 0.626. The molecule has 0 fully saturated rings. The first kappa shape index (κ1) is 26.9. The molecule has 166 valence electrons. The fraction of sp³-hybridized carbons (Fsp3) is 0.913. The SMILES string of the molecule is CCCCCCCCCCCCCCCC[N+](C)(C)CC(=O)N(C)CC(=O)O. The molecule has 5 nitrogen and oxygen atoms in total. The second-order valence-electron chi connectivity index (χ2n) is 9.06. The van der Waals surface area contributed by atoms with E-state index in [-0.39, 0.29) is 12.5 Å². The Morgan fingerprint density at radius 1 is 0.750 bits per heavy atom. The molecule has 1 amide bonds. The molecule has 0 heterocycles. The van der Waals surface area contributed by atoms with Crippen LogP contribution >= 0.6 is 0 Å². The monoisotopic (exact) mass is 399 g/mol. The molecular weight excluding hydrogens is 352 g/mol. The molecular formula is C23H47N2O3+. The second kappa shape index (κ2) is 16.8. The molecule has 0 saturated heterocycles. The minimum atomic E-state index is -0.965. The molecule has 0 saturated carbocycles. The van der Waals surface area contributed by atoms with E-state index < -0.39 is 5.97 Å². The number of unbranched alkanes of at least 4 members (excludes halogenated alkanes) is 13. The molecule has 0 rings (SSSR count). The molecule has 1 N–H and O–H groups in total. The molecule has 28 heavy (non-hydrogen) atoms. The number of quaternary nitrogens is 1. The summed E-state index contributed by atoms with van der Waals surface area (Å²) in [6, 6.07) is 0. The third-order valence-corrected chi connectivity index (χ3v) is 5.48. The van der Waals surface area contributed by atoms with Crippen molar-refractivity contribution in [1.29, 1.82) is 0 Å². The van der Waals surface area contributed by atoms with Crippen molar-refractivity contribution in [2.45, 2.75) is 96.8 Å². The summed E-state index contributed by atoms with van der Waals surface area (Å²) in [6.07, 6.45) is 18.9. The summed E-state index contributed by atoms with van der Waals surface area (Å²) in [6.45, 7) is 3.37. The number of carbonyl (C=O) groups excluding carboxylic acids is 1. The second-order valence-corrected chi connectivity index (χ2v) is 9.06. The van der Waals surface area contributed by atoms with Crippen LogP contribution in [0.1, 0.15) is 96.8 Å². The molecule has 0 aliphatic carbocycles. The van der Waals surface area contributed by atoms with Gasteiger partial charge >= 0.3 is 5.97 Å². The standard InChI is InChI=1S/C23H46N2O3/c1-5-6-7-8-9-10-11-12-13-14-15-16-17-18-19-25(3,4)21-22(26)24(2)20-23(27)28/h5-21H2,1-4H3/p+1. The van der Waals surface area contributed by atoms with Gasteiger partial charge in [0.2, 0.25) is 0 Å². The zero-order chi connectivity index (χ0) is 21.3. The van der Waals surface area contributed by atoms with Crippen LogP contribution in [0, 0.1) is 0 Å². The first-order chi connectivity index (χ1) is 13.3. The van der Waals surface area contributed by atoms with Gasteiger partial charge in [-0.25, -0.2) is 0 Å². The van der Waals surface area contributed by atoms with Crippen molar-refractivity contribution in [3.05, 3.63) is 0 Å². The Morgan fingerprint density at radius 3 is 1.54 bits per heavy atom. The maximum atomic E-state index is 12.1. The predicted octanol–water partition coefficient (Wildman–Crippen LogP) is 5.09. The predicted molar refractivity (Wildman–Crippen MR) is 117 cm³/mol. The van der Waals surface area contributed by atoms with Gasteiger partial charge in [-0.3, -0.25) is 9.59 Å². The molecule has 0 aromatic rings. The highest BCUT2D eigenvalue weighted by Gasteiger charge is 2.23. The summed E-state index contributed by atoms with van der Waals surface area (Å²) in [5, 5.41) is 8.78. The number of carbonyl (C=O) groups is 2. The summed E-state index contributed by atoms with van der Waals surface area (Å²) in [4.78, 5) is 24.1. The maximum absolute atomic E-state index is 12.1. The first-order valence-electron chi connectivity index (χ1n) is 11.6. The van der Waals surface area contributed by atoms with Crippen LogP contribution < -0.4 is 0 Å². The molecule has 0 unspecified atom stereocenters. The number of aliphatic carboxylic acids is 1. The van der Waals surface area contributed by atoms with Gasteiger partial charge in [-0.1, -0.05) is 84.0 Å². The quantitative estimate of drug-likeness (QED) is 0.243. The van der Waals surface area contributed by atoms with E-state index in [2.05, 4.69) is 21.0 Å². The average molecular weight is 400 g/mol. The van der Waals surface area contributed by atoms with Gasteiger partial charge in [-0.15, -0.1) is 0 Å². The van der Waals surface area contributed by atoms with Crippen molar-refractivity contribution in [2.75, 3.05) is 40.8 Å². The van der Waals surface area contributed by atoms with Gasteiger partial charge in [-0.2, -0.15) is 0 Å². The Bertz CT molecular complexity index is 411. The van der Waals surface area contributed by atoms with Crippen molar-refractivity contribution in [3.8, 4) is 0 Å². The van der Waals surface area contributed by atoms with Crippen molar-refractivity contribution >= 4 is 11.9 Å². The van der Waals surface area contributed by atoms with Crippen molar-refractivity contribution in [1.82, 2.24) is 4.90 Å². The number of amides is 1. The molecule has 0 aromatic carbocycles. The molecule has 0 bridgehead atoms. The fourth-order valence-electron chi connectivity index (χ4n) is 3.59. The lowest BCUT2D eigenvalue weighted by Crippen LogP contribution is -2.49. The lowest BCUT2D eigenvalue weighted by atomic mass is 10.0. The summed E-state index contributed by atoms with van der Waals surface area (Å²) in [7, 11) is 5.66. The zero-order valence-electron chi connectivity index (χ0n) is 19.2. The van der Waals surface area contributed by atoms with Crippen LogP contribution in [0.3, 0.4) is 0 Å². The number of carboxylic acids is 1. The Balaban J connectivity index is 3.54. The third-order valence-electron chi connectivity index (χ3n) is 5.48. The van der Waals surface area contributed by atoms with Crippen LogP contribution in [0.15, 0.2) is 0 Å². The van der Waals surface area contributed by atoms with E-state index in [4.69, 9.17) is 5.11 Å². The van der Waals surface area contributed by atoms with Crippen LogP contribution in [-0.2, 0) is 9.59 Å². The molecule has 0 aliphatic rings. The van der Waals surface area contributed by atoms with Gasteiger partial charge in [0.1, 0.15) is 6.54 Å². The van der Waals surface area contributed by atoms with Gasteiger partial charge in [0.15, 0.2) is 6.54 Å². The summed E-state index contributed by atoms with van der Waals surface area (Å²) in [5.74, 6) is -1.06. The minimum absolute atomic E-state index is 0.0993. The summed E-state index contributed by atoms with van der Waals surface area (Å²) >= 11 is 0. The highest BCUT2D eigenvalue weighted by atomic mass is 16.4. The lowest BCUT2D eigenvalue weighted by Gasteiger charge is -2.30. The normalized spacial score (nSPS) is 11.6. The topological polar surface area (TPSA) is 57.6 Å². The van der Waals surface area contributed by atoms with Crippen molar-refractivity contribution in [3.63, 3.8) is 0 Å². The molecule has 0 spiro atoms. The number of hydrogen-bond acceptors (Lipinski definition) is 2. The van der Waals surface area contributed by atoms with Gasteiger partial charge in [-0.05, 0) is 12.8 Å². The maximum Gasteiger partial charge on any atom is 0.323 e. The van der Waals surface area contributed by atoms with E-state index in [9.17, 15) is 9.59 Å². The van der Waals surface area contributed by atoms with E-state index in [0.29, 0.717) is 11.0 Å². The number of rotatable bonds is 19. The van der Waals surface area contributed by atoms with Crippen LogP contribution in [0.4, 0.5) is 0 Å². The van der Waals surface area contributed by atoms with E-state index in [1.54, 1.807) is 7.05 Å². The Kier molecular flexibility index (Phi) is 16.2. The first-order valence-corrected chi connectivity index (χ1v) is 11.6. The van der Waals surface area contributed by atoms with Crippen LogP contribution in [0.25, 0.3) is 0 Å². The number of nitrogens with zero attached hydrogens (tertiary/aromatic N) is 2. The molecule has 0 aromatic heterocycles.